The van der Waals surface area contributed by atoms with E-state index in [2.05, 4.69) is 10.00 Å². The number of nitrogens with zero attached hydrogens (tertiary/aromatic N) is 4. The standard InChI is InChI=1S/C21H32N4O2/c1-23-18(4-2-3-5-20(23)26)15-24-12-10-16(11-13-24)14-25-21(27)9-8-19(22-25)17-6-7-17/h8-9,16-18H,2-7,10-15H2,1H3. The summed E-state index contributed by atoms with van der Waals surface area (Å²) in [5, 5.41) is 4.62. The van der Waals surface area contributed by atoms with Gasteiger partial charge in [-0.2, -0.15) is 5.10 Å². The van der Waals surface area contributed by atoms with Crippen LogP contribution in [0.2, 0.25) is 0 Å². The van der Waals surface area contributed by atoms with Crippen LogP contribution in [0.1, 0.15) is 63.0 Å². The van der Waals surface area contributed by atoms with Crippen LogP contribution in [0.5, 0.6) is 0 Å². The first-order chi connectivity index (χ1) is 13.1. The van der Waals surface area contributed by atoms with E-state index in [1.807, 2.05) is 18.0 Å². The third kappa shape index (κ3) is 4.60. The van der Waals surface area contributed by atoms with Crippen molar-refractivity contribution in [2.75, 3.05) is 26.7 Å². The fraction of sp³-hybridized carbons (Fsp3) is 0.762. The van der Waals surface area contributed by atoms with Crippen LogP contribution < -0.4 is 5.56 Å². The van der Waals surface area contributed by atoms with Crippen molar-refractivity contribution in [3.05, 3.63) is 28.2 Å². The van der Waals surface area contributed by atoms with E-state index in [0.29, 0.717) is 30.2 Å². The van der Waals surface area contributed by atoms with Crippen molar-refractivity contribution in [2.45, 2.75) is 69.9 Å². The fourth-order valence-electron chi connectivity index (χ4n) is 4.53. The lowest BCUT2D eigenvalue weighted by Gasteiger charge is -2.36. The number of aromatic nitrogens is 2. The van der Waals surface area contributed by atoms with Gasteiger partial charge in [-0.05, 0) is 63.6 Å². The highest BCUT2D eigenvalue weighted by Gasteiger charge is 2.28. The van der Waals surface area contributed by atoms with Crippen LogP contribution in [0.15, 0.2) is 16.9 Å². The molecule has 2 saturated heterocycles. The van der Waals surface area contributed by atoms with Crippen LogP contribution in [0.4, 0.5) is 0 Å². The minimum Gasteiger partial charge on any atom is -0.341 e. The molecule has 3 aliphatic rings. The van der Waals surface area contributed by atoms with Gasteiger partial charge in [0.1, 0.15) is 0 Å². The summed E-state index contributed by atoms with van der Waals surface area (Å²) in [6, 6.07) is 3.95. The molecule has 1 amide bonds. The van der Waals surface area contributed by atoms with Gasteiger partial charge in [-0.3, -0.25) is 9.59 Å². The summed E-state index contributed by atoms with van der Waals surface area (Å²) >= 11 is 0. The number of carbonyl (C=O) groups is 1. The summed E-state index contributed by atoms with van der Waals surface area (Å²) in [5.74, 6) is 1.40. The Bertz CT molecular complexity index is 719. The van der Waals surface area contributed by atoms with E-state index in [1.54, 1.807) is 10.7 Å². The maximum atomic E-state index is 12.2. The van der Waals surface area contributed by atoms with Gasteiger partial charge in [-0.1, -0.05) is 6.42 Å². The first-order valence-corrected chi connectivity index (χ1v) is 10.7. The normalized spacial score (nSPS) is 25.6. The van der Waals surface area contributed by atoms with Gasteiger partial charge in [-0.25, -0.2) is 4.68 Å². The second-order valence-electron chi connectivity index (χ2n) is 8.70. The van der Waals surface area contributed by atoms with Crippen LogP contribution in [-0.4, -0.2) is 58.2 Å². The monoisotopic (exact) mass is 372 g/mol. The van der Waals surface area contributed by atoms with Gasteiger partial charge < -0.3 is 9.80 Å². The zero-order valence-corrected chi connectivity index (χ0v) is 16.5. The molecule has 1 aliphatic carbocycles. The zero-order chi connectivity index (χ0) is 18.8. The Morgan fingerprint density at radius 3 is 2.52 bits per heavy atom. The SMILES string of the molecule is CN1C(=O)CCCCC1CN1CCC(Cn2nc(C3CC3)ccc2=O)CC1. The van der Waals surface area contributed by atoms with Crippen molar-refractivity contribution in [3.8, 4) is 0 Å². The predicted molar refractivity (Wildman–Crippen MR) is 105 cm³/mol. The van der Waals surface area contributed by atoms with E-state index in [1.165, 1.54) is 12.8 Å². The van der Waals surface area contributed by atoms with Crippen molar-refractivity contribution in [1.82, 2.24) is 19.6 Å². The lowest BCUT2D eigenvalue weighted by atomic mass is 9.96. The van der Waals surface area contributed by atoms with Crippen molar-refractivity contribution < 1.29 is 4.79 Å². The molecule has 148 valence electrons. The molecule has 0 N–H and O–H groups in total. The molecule has 1 unspecified atom stereocenters. The molecular formula is C21H32N4O2. The summed E-state index contributed by atoms with van der Waals surface area (Å²) in [6.07, 6.45) is 8.64. The second-order valence-corrected chi connectivity index (χ2v) is 8.70. The summed E-state index contributed by atoms with van der Waals surface area (Å²) in [7, 11) is 1.97. The molecule has 3 heterocycles. The number of likely N-dealkylation sites (N-methyl/N-ethyl adjacent to an activating group) is 1. The van der Waals surface area contributed by atoms with Gasteiger partial charge in [-0.15, -0.1) is 0 Å². The molecule has 3 fully saturated rings. The maximum Gasteiger partial charge on any atom is 0.266 e. The van der Waals surface area contributed by atoms with Gasteiger partial charge in [0, 0.05) is 44.6 Å². The minimum absolute atomic E-state index is 0.0282. The second kappa shape index (κ2) is 8.13. The molecule has 1 aromatic heterocycles. The zero-order valence-electron chi connectivity index (χ0n) is 16.5. The van der Waals surface area contributed by atoms with Crippen LogP contribution in [0, 0.1) is 5.92 Å². The van der Waals surface area contributed by atoms with E-state index in [-0.39, 0.29) is 5.56 Å². The molecule has 27 heavy (non-hydrogen) atoms. The van der Waals surface area contributed by atoms with Gasteiger partial charge in [0.05, 0.1) is 5.69 Å². The molecule has 0 spiro atoms. The van der Waals surface area contributed by atoms with Crippen molar-refractivity contribution in [1.29, 1.82) is 0 Å². The molecule has 6 heteroatoms. The molecule has 1 saturated carbocycles. The number of hydrogen-bond donors (Lipinski definition) is 0. The largest absolute Gasteiger partial charge is 0.341 e. The predicted octanol–water partition coefficient (Wildman–Crippen LogP) is 2.23. The van der Waals surface area contributed by atoms with Gasteiger partial charge >= 0.3 is 0 Å². The number of hydrogen-bond acceptors (Lipinski definition) is 4. The smallest absolute Gasteiger partial charge is 0.266 e. The van der Waals surface area contributed by atoms with E-state index >= 15 is 0 Å². The van der Waals surface area contributed by atoms with Gasteiger partial charge in [0.25, 0.3) is 5.56 Å². The van der Waals surface area contributed by atoms with Crippen molar-refractivity contribution in [3.63, 3.8) is 0 Å². The first-order valence-electron chi connectivity index (χ1n) is 10.7. The highest BCUT2D eigenvalue weighted by atomic mass is 16.2. The van der Waals surface area contributed by atoms with E-state index in [9.17, 15) is 9.59 Å². The molecule has 2 aliphatic heterocycles. The number of carbonyl (C=O) groups excluding carboxylic acids is 1. The lowest BCUT2D eigenvalue weighted by Crippen LogP contribution is -2.46. The summed E-state index contributed by atoms with van der Waals surface area (Å²) in [5.41, 5.74) is 1.12. The molecule has 1 atom stereocenters. The summed E-state index contributed by atoms with van der Waals surface area (Å²) < 4.78 is 1.70. The Labute approximate surface area is 161 Å². The average molecular weight is 373 g/mol. The Kier molecular flexibility index (Phi) is 5.62. The molecular weight excluding hydrogens is 340 g/mol. The fourth-order valence-corrected chi connectivity index (χ4v) is 4.53. The Morgan fingerprint density at radius 2 is 1.78 bits per heavy atom. The Morgan fingerprint density at radius 1 is 1.00 bits per heavy atom. The Hall–Kier alpha value is -1.69. The Balaban J connectivity index is 1.29. The topological polar surface area (TPSA) is 58.4 Å². The van der Waals surface area contributed by atoms with Crippen molar-refractivity contribution >= 4 is 5.91 Å². The highest BCUT2D eigenvalue weighted by molar-refractivity contribution is 5.76. The first kappa shape index (κ1) is 18.7. The van der Waals surface area contributed by atoms with E-state index in [0.717, 1.165) is 64.0 Å². The number of likely N-dealkylation sites (tertiary alicyclic amines) is 2. The third-order valence-corrected chi connectivity index (χ3v) is 6.61. The molecule has 6 nitrogen and oxygen atoms in total. The third-order valence-electron chi connectivity index (χ3n) is 6.61. The van der Waals surface area contributed by atoms with Crippen molar-refractivity contribution in [2.24, 2.45) is 5.92 Å². The maximum absolute atomic E-state index is 12.2. The number of amides is 1. The lowest BCUT2D eigenvalue weighted by molar-refractivity contribution is -0.131. The summed E-state index contributed by atoms with van der Waals surface area (Å²) in [4.78, 5) is 28.8. The number of rotatable bonds is 5. The van der Waals surface area contributed by atoms with E-state index in [4.69, 9.17) is 0 Å². The van der Waals surface area contributed by atoms with Crippen LogP contribution in [0.25, 0.3) is 0 Å². The number of piperidine rings is 1. The van der Waals surface area contributed by atoms with Gasteiger partial charge in [0.15, 0.2) is 0 Å². The summed E-state index contributed by atoms with van der Waals surface area (Å²) in [6.45, 7) is 3.85. The molecule has 0 radical (unpaired) electrons. The van der Waals surface area contributed by atoms with Crippen LogP contribution in [-0.2, 0) is 11.3 Å². The molecule has 1 aromatic rings. The van der Waals surface area contributed by atoms with E-state index < -0.39 is 0 Å². The van der Waals surface area contributed by atoms with Gasteiger partial charge in [0.2, 0.25) is 5.91 Å². The quantitative estimate of drug-likeness (QED) is 0.795. The molecule has 4 rings (SSSR count). The van der Waals surface area contributed by atoms with Crippen LogP contribution in [0.3, 0.4) is 0 Å². The average Bonchev–Trinajstić information content (AvgIpc) is 3.52. The minimum atomic E-state index is 0.0282. The molecule has 0 bridgehead atoms. The molecule has 0 aromatic carbocycles. The highest BCUT2D eigenvalue weighted by Crippen LogP contribution is 2.38. The van der Waals surface area contributed by atoms with Crippen LogP contribution >= 0.6 is 0 Å².